The van der Waals surface area contributed by atoms with Crippen molar-refractivity contribution in [3.63, 3.8) is 0 Å². The second kappa shape index (κ2) is 5.13. The average molecular weight is 289 g/mol. The zero-order valence-corrected chi connectivity index (χ0v) is 11.1. The smallest absolute Gasteiger partial charge is 0.213 e. The third-order valence-corrected chi connectivity index (χ3v) is 3.20. The molecule has 2 aromatic rings. The topological polar surface area (TPSA) is 22.1 Å². The van der Waals surface area contributed by atoms with Crippen LogP contribution in [0.1, 0.15) is 0 Å². The van der Waals surface area contributed by atoms with Crippen molar-refractivity contribution in [1.82, 2.24) is 4.98 Å². The van der Waals surface area contributed by atoms with E-state index in [0.717, 1.165) is 0 Å². The van der Waals surface area contributed by atoms with E-state index in [1.54, 1.807) is 24.3 Å². The van der Waals surface area contributed by atoms with Crippen LogP contribution in [0.5, 0.6) is 5.88 Å². The summed E-state index contributed by atoms with van der Waals surface area (Å²) in [4.78, 5) is 4.00. The third-order valence-electron chi connectivity index (χ3n) is 2.27. The van der Waals surface area contributed by atoms with Crippen LogP contribution in [0.25, 0.3) is 11.1 Å². The molecule has 0 spiro atoms. The zero-order chi connectivity index (χ0) is 12.4. The first kappa shape index (κ1) is 12.5. The van der Waals surface area contributed by atoms with Gasteiger partial charge in [-0.05, 0) is 12.1 Å². The van der Waals surface area contributed by atoms with Gasteiger partial charge < -0.3 is 4.74 Å². The third kappa shape index (κ3) is 2.49. The van der Waals surface area contributed by atoms with Gasteiger partial charge in [0.25, 0.3) is 0 Å². The van der Waals surface area contributed by atoms with Gasteiger partial charge in [-0.2, -0.15) is 0 Å². The number of hydrogen-bond donors (Lipinski definition) is 0. The fraction of sp³-hybridized carbons (Fsp3) is 0.0833. The summed E-state index contributed by atoms with van der Waals surface area (Å²) in [7, 11) is 1.54. The summed E-state index contributed by atoms with van der Waals surface area (Å²) in [6.45, 7) is 0. The minimum atomic E-state index is 0.459. The van der Waals surface area contributed by atoms with Gasteiger partial charge in [-0.1, -0.05) is 40.9 Å². The lowest BCUT2D eigenvalue weighted by molar-refractivity contribution is 0.398. The van der Waals surface area contributed by atoms with Crippen molar-refractivity contribution in [3.05, 3.63) is 45.5 Å². The highest BCUT2D eigenvalue weighted by Crippen LogP contribution is 2.39. The Morgan fingerprint density at radius 3 is 2.29 bits per heavy atom. The number of methoxy groups -OCH3 is 1. The van der Waals surface area contributed by atoms with Crippen LogP contribution in [-0.4, -0.2) is 12.1 Å². The van der Waals surface area contributed by atoms with Crippen LogP contribution >= 0.6 is 34.8 Å². The molecule has 2 rings (SSSR count). The van der Waals surface area contributed by atoms with Crippen LogP contribution in [-0.2, 0) is 0 Å². The van der Waals surface area contributed by atoms with Crippen LogP contribution in [0, 0.1) is 0 Å². The van der Waals surface area contributed by atoms with Crippen molar-refractivity contribution in [3.8, 4) is 17.0 Å². The zero-order valence-electron chi connectivity index (χ0n) is 8.88. The van der Waals surface area contributed by atoms with Crippen LogP contribution in [0.15, 0.2) is 30.5 Å². The standard InChI is InChI=1S/C12H8Cl3NO/c1-17-11-5-7(10(15)6-16-11)12-8(13)3-2-4-9(12)14/h2-6H,1H3. The van der Waals surface area contributed by atoms with Crippen molar-refractivity contribution in [2.24, 2.45) is 0 Å². The van der Waals surface area contributed by atoms with Crippen LogP contribution in [0.3, 0.4) is 0 Å². The number of aromatic nitrogens is 1. The van der Waals surface area contributed by atoms with Crippen molar-refractivity contribution in [2.75, 3.05) is 7.11 Å². The molecule has 0 aliphatic rings. The lowest BCUT2D eigenvalue weighted by Crippen LogP contribution is -1.90. The molecule has 5 heteroatoms. The summed E-state index contributed by atoms with van der Waals surface area (Å²) in [5.74, 6) is 0.459. The van der Waals surface area contributed by atoms with E-state index in [-0.39, 0.29) is 0 Å². The number of hydrogen-bond acceptors (Lipinski definition) is 2. The van der Waals surface area contributed by atoms with Crippen LogP contribution in [0.4, 0.5) is 0 Å². The lowest BCUT2D eigenvalue weighted by Gasteiger charge is -2.10. The maximum atomic E-state index is 6.13. The van der Waals surface area contributed by atoms with E-state index in [0.29, 0.717) is 32.1 Å². The first-order chi connectivity index (χ1) is 8.13. The summed E-state index contributed by atoms with van der Waals surface area (Å²) in [5.41, 5.74) is 1.38. The molecular formula is C12H8Cl3NO. The summed E-state index contributed by atoms with van der Waals surface area (Å²) in [6.07, 6.45) is 1.51. The molecule has 17 heavy (non-hydrogen) atoms. The molecular weight excluding hydrogens is 280 g/mol. The number of pyridine rings is 1. The monoisotopic (exact) mass is 287 g/mol. The number of nitrogens with zero attached hydrogens (tertiary/aromatic N) is 1. The number of benzene rings is 1. The Morgan fingerprint density at radius 2 is 1.71 bits per heavy atom. The minimum Gasteiger partial charge on any atom is -0.481 e. The van der Waals surface area contributed by atoms with Gasteiger partial charge >= 0.3 is 0 Å². The number of halogens is 3. The Kier molecular flexibility index (Phi) is 3.77. The first-order valence-corrected chi connectivity index (χ1v) is 5.91. The van der Waals surface area contributed by atoms with Gasteiger partial charge in [0.15, 0.2) is 0 Å². The molecule has 1 aromatic heterocycles. The molecule has 0 saturated carbocycles. The maximum absolute atomic E-state index is 6.13. The molecule has 0 amide bonds. The number of rotatable bonds is 2. The van der Waals surface area contributed by atoms with Crippen molar-refractivity contribution < 1.29 is 4.74 Å². The van der Waals surface area contributed by atoms with E-state index >= 15 is 0 Å². The van der Waals surface area contributed by atoms with Crippen molar-refractivity contribution >= 4 is 34.8 Å². The molecule has 0 N–H and O–H groups in total. The lowest BCUT2D eigenvalue weighted by atomic mass is 10.1. The van der Waals surface area contributed by atoms with Gasteiger partial charge in [0.05, 0.1) is 18.3 Å². The van der Waals surface area contributed by atoms with E-state index < -0.39 is 0 Å². The minimum absolute atomic E-state index is 0.459. The van der Waals surface area contributed by atoms with Crippen molar-refractivity contribution in [1.29, 1.82) is 0 Å². The van der Waals surface area contributed by atoms with Gasteiger partial charge in [0.2, 0.25) is 5.88 Å². The van der Waals surface area contributed by atoms with Gasteiger partial charge in [-0.25, -0.2) is 4.98 Å². The first-order valence-electron chi connectivity index (χ1n) is 4.77. The summed E-state index contributed by atoms with van der Waals surface area (Å²) < 4.78 is 5.06. The summed E-state index contributed by atoms with van der Waals surface area (Å²) in [6, 6.07) is 6.99. The molecule has 0 atom stereocenters. The molecule has 0 saturated heterocycles. The normalized spacial score (nSPS) is 10.4. The van der Waals surface area contributed by atoms with Crippen molar-refractivity contribution in [2.45, 2.75) is 0 Å². The Bertz CT molecular complexity index is 537. The highest BCUT2D eigenvalue weighted by molar-refractivity contribution is 6.41. The molecule has 88 valence electrons. The van der Waals surface area contributed by atoms with E-state index in [2.05, 4.69) is 4.98 Å². The van der Waals surface area contributed by atoms with E-state index in [9.17, 15) is 0 Å². The predicted molar refractivity (Wildman–Crippen MR) is 71.3 cm³/mol. The summed E-state index contributed by atoms with van der Waals surface area (Å²) in [5, 5.41) is 1.54. The van der Waals surface area contributed by atoms with Gasteiger partial charge in [0.1, 0.15) is 0 Å². The van der Waals surface area contributed by atoms with Crippen LogP contribution < -0.4 is 4.74 Å². The molecule has 0 bridgehead atoms. The second-order valence-corrected chi connectivity index (χ2v) is 4.52. The largest absolute Gasteiger partial charge is 0.481 e. The van der Waals surface area contributed by atoms with Gasteiger partial charge in [0, 0.05) is 27.2 Å². The van der Waals surface area contributed by atoms with Crippen LogP contribution in [0.2, 0.25) is 15.1 Å². The highest BCUT2D eigenvalue weighted by atomic mass is 35.5. The van der Waals surface area contributed by atoms with Gasteiger partial charge in [-0.15, -0.1) is 0 Å². The highest BCUT2D eigenvalue weighted by Gasteiger charge is 2.13. The van der Waals surface area contributed by atoms with E-state index in [1.807, 2.05) is 0 Å². The molecule has 1 heterocycles. The van der Waals surface area contributed by atoms with E-state index in [4.69, 9.17) is 39.5 Å². The fourth-order valence-electron chi connectivity index (χ4n) is 1.48. The Labute approximate surface area is 114 Å². The van der Waals surface area contributed by atoms with E-state index in [1.165, 1.54) is 13.3 Å². The average Bonchev–Trinajstić information content (AvgIpc) is 2.31. The Morgan fingerprint density at radius 1 is 1.06 bits per heavy atom. The molecule has 0 fully saturated rings. The number of ether oxygens (including phenoxy) is 1. The molecule has 1 aromatic carbocycles. The Balaban J connectivity index is 2.67. The molecule has 0 aliphatic carbocycles. The SMILES string of the molecule is COc1cc(-c2c(Cl)cccc2Cl)c(Cl)cn1. The molecule has 0 radical (unpaired) electrons. The summed E-state index contributed by atoms with van der Waals surface area (Å²) >= 11 is 18.4. The quantitative estimate of drug-likeness (QED) is 0.798. The predicted octanol–water partition coefficient (Wildman–Crippen LogP) is 4.72. The second-order valence-electron chi connectivity index (χ2n) is 3.30. The maximum Gasteiger partial charge on any atom is 0.213 e. The molecule has 2 nitrogen and oxygen atoms in total. The van der Waals surface area contributed by atoms with Gasteiger partial charge in [-0.3, -0.25) is 0 Å². The molecule has 0 aliphatic heterocycles. The molecule has 0 unspecified atom stereocenters. The fourth-order valence-corrected chi connectivity index (χ4v) is 2.28. The Hall–Kier alpha value is -0.960.